The summed E-state index contributed by atoms with van der Waals surface area (Å²) in [5.41, 5.74) is 0. The Kier molecular flexibility index (Phi) is 60.6. The van der Waals surface area contributed by atoms with E-state index < -0.39 is 26.6 Å². The number of aliphatic hydroxyl groups is 1. The molecule has 476 valence electrons. The predicted octanol–water partition coefficient (Wildman–Crippen LogP) is 21.2. The van der Waals surface area contributed by atoms with Gasteiger partial charge < -0.3 is 28.8 Å². The van der Waals surface area contributed by atoms with Crippen molar-refractivity contribution in [2.24, 2.45) is 0 Å². The Balaban J connectivity index is 4.24. The van der Waals surface area contributed by atoms with E-state index in [1.807, 2.05) is 27.2 Å². The highest BCUT2D eigenvalue weighted by Gasteiger charge is 2.23. The zero-order chi connectivity index (χ0) is 60.5. The van der Waals surface area contributed by atoms with Crippen molar-refractivity contribution < 1.29 is 32.9 Å². The summed E-state index contributed by atoms with van der Waals surface area (Å²) in [5.74, 6) is -0.224. The van der Waals surface area contributed by atoms with Crippen molar-refractivity contribution in [3.05, 3.63) is 134 Å². The van der Waals surface area contributed by atoms with E-state index in [1.54, 1.807) is 6.08 Å². The summed E-state index contributed by atoms with van der Waals surface area (Å²) in [4.78, 5) is 25.6. The zero-order valence-electron chi connectivity index (χ0n) is 54.4. The van der Waals surface area contributed by atoms with Gasteiger partial charge in [-0.05, 0) is 109 Å². The molecule has 0 aliphatic heterocycles. The maximum Gasteiger partial charge on any atom is 0.268 e. The molecule has 0 aliphatic rings. The van der Waals surface area contributed by atoms with E-state index in [2.05, 4.69) is 141 Å². The molecule has 0 fully saturated rings. The number of aliphatic hydroxyl groups excluding tert-OH is 1. The van der Waals surface area contributed by atoms with E-state index >= 15 is 0 Å². The van der Waals surface area contributed by atoms with Crippen LogP contribution in [-0.4, -0.2) is 68.5 Å². The molecule has 9 heteroatoms. The highest BCUT2D eigenvalue weighted by atomic mass is 31.2. The Morgan fingerprint density at radius 2 is 0.747 bits per heavy atom. The number of nitrogens with zero attached hydrogens (tertiary/aromatic N) is 1. The summed E-state index contributed by atoms with van der Waals surface area (Å²) in [6.07, 6.45) is 95.6. The quantitative estimate of drug-likeness (QED) is 0.0272. The minimum atomic E-state index is -4.63. The fraction of sp³-hybridized carbons (Fsp3) is 0.689. The van der Waals surface area contributed by atoms with Crippen LogP contribution in [0.15, 0.2) is 134 Å². The number of hydrogen-bond donors (Lipinski definition) is 2. The third-order valence-corrected chi connectivity index (χ3v) is 15.5. The number of rotatable bonds is 61. The lowest BCUT2D eigenvalue weighted by Gasteiger charge is -2.29. The fourth-order valence-corrected chi connectivity index (χ4v) is 10.0. The van der Waals surface area contributed by atoms with Gasteiger partial charge in [-0.25, -0.2) is 0 Å². The lowest BCUT2D eigenvalue weighted by Crippen LogP contribution is -2.45. The lowest BCUT2D eigenvalue weighted by molar-refractivity contribution is -0.870. The largest absolute Gasteiger partial charge is 0.756 e. The van der Waals surface area contributed by atoms with Gasteiger partial charge >= 0.3 is 0 Å². The maximum absolute atomic E-state index is 13.0. The molecule has 0 bridgehead atoms. The van der Waals surface area contributed by atoms with Crippen LogP contribution in [0.3, 0.4) is 0 Å². The van der Waals surface area contributed by atoms with Gasteiger partial charge in [0, 0.05) is 6.42 Å². The van der Waals surface area contributed by atoms with Gasteiger partial charge in [-0.2, -0.15) is 0 Å². The molecule has 0 saturated carbocycles. The average Bonchev–Trinajstić information content (AvgIpc) is 3.49. The standard InChI is InChI=1S/C74H129N2O6P/c1-6-8-10-12-14-16-18-20-22-24-26-28-30-32-34-36-37-38-39-40-42-44-46-48-50-52-54-56-58-60-62-64-66-68-74(78)75-72(71-82-83(79,80)81-70-69-76(3,4)5)73(77)67-65-63-61-59-57-55-53-51-49-47-45-43-41-35-33-31-29-27-25-23-21-19-17-15-13-11-9-7-2/h8,10,14,16,20,22,26,28,32,34,37-38,40,42,46,48-49,51,57,59,65,67,72-73,77H,6-7,9,11-13,15,17-19,21,23-25,27,29-31,33,35-36,39,41,43-45,47,50,52-56,58,60-64,66,68-71H2,1-5H3,(H-,75,78,79,80)/b10-8-,16-14-,22-20-,28-26-,34-32-,38-37-,42-40-,48-46-,51-49+,59-57+,67-65+. The molecule has 0 aromatic carbocycles. The zero-order valence-corrected chi connectivity index (χ0v) is 55.2. The van der Waals surface area contributed by atoms with Gasteiger partial charge in [-0.15, -0.1) is 0 Å². The third kappa shape index (κ3) is 66.0. The Labute approximate surface area is 513 Å². The molecule has 0 spiro atoms. The Bertz CT molecular complexity index is 1810. The van der Waals surface area contributed by atoms with Gasteiger partial charge in [0.2, 0.25) is 5.91 Å². The van der Waals surface area contributed by atoms with E-state index in [9.17, 15) is 19.4 Å². The first-order valence-corrected chi connectivity index (χ1v) is 35.5. The summed E-state index contributed by atoms with van der Waals surface area (Å²) in [5, 5.41) is 13.9. The van der Waals surface area contributed by atoms with Gasteiger partial charge in [0.15, 0.2) is 0 Å². The maximum atomic E-state index is 13.0. The molecule has 3 atom stereocenters. The smallest absolute Gasteiger partial charge is 0.268 e. The second-order valence-electron chi connectivity index (χ2n) is 23.8. The molecule has 3 unspecified atom stereocenters. The van der Waals surface area contributed by atoms with E-state index in [1.165, 1.54) is 148 Å². The second kappa shape index (κ2) is 63.2. The molecular formula is C74H129N2O6P. The monoisotopic (exact) mass is 1170 g/mol. The van der Waals surface area contributed by atoms with Gasteiger partial charge in [0.1, 0.15) is 13.2 Å². The number of amides is 1. The number of carbonyl (C=O) groups is 1. The van der Waals surface area contributed by atoms with Crippen molar-refractivity contribution in [3.63, 3.8) is 0 Å². The Hall–Kier alpha value is -3.36. The molecule has 1 amide bonds. The van der Waals surface area contributed by atoms with Crippen LogP contribution in [0.2, 0.25) is 0 Å². The van der Waals surface area contributed by atoms with E-state index in [0.29, 0.717) is 17.4 Å². The molecule has 0 saturated heterocycles. The molecule has 0 heterocycles. The van der Waals surface area contributed by atoms with Crippen molar-refractivity contribution in [1.82, 2.24) is 5.32 Å². The molecule has 0 aromatic heterocycles. The van der Waals surface area contributed by atoms with E-state index in [-0.39, 0.29) is 12.5 Å². The predicted molar refractivity (Wildman–Crippen MR) is 362 cm³/mol. The van der Waals surface area contributed by atoms with Gasteiger partial charge in [0.05, 0.1) is 39.9 Å². The number of hydrogen-bond acceptors (Lipinski definition) is 6. The molecular weight excluding hydrogens is 1040 g/mol. The van der Waals surface area contributed by atoms with Crippen molar-refractivity contribution in [2.75, 3.05) is 40.9 Å². The summed E-state index contributed by atoms with van der Waals surface area (Å²) in [6, 6.07) is -0.926. The lowest BCUT2D eigenvalue weighted by atomic mass is 10.0. The van der Waals surface area contributed by atoms with Crippen LogP contribution in [0.5, 0.6) is 0 Å². The number of phosphoric ester groups is 1. The topological polar surface area (TPSA) is 108 Å². The number of carbonyl (C=O) groups excluding carboxylic acids is 1. The number of quaternary nitrogens is 1. The molecule has 2 N–H and O–H groups in total. The molecule has 0 rings (SSSR count). The summed E-state index contributed by atoms with van der Waals surface area (Å²) in [6.45, 7) is 4.51. The normalized spacial score (nSPS) is 14.5. The molecule has 8 nitrogen and oxygen atoms in total. The van der Waals surface area contributed by atoms with Crippen molar-refractivity contribution in [2.45, 2.75) is 289 Å². The number of allylic oxidation sites excluding steroid dienone is 21. The highest BCUT2D eigenvalue weighted by Crippen LogP contribution is 2.38. The van der Waals surface area contributed by atoms with Crippen LogP contribution in [0.1, 0.15) is 277 Å². The SMILES string of the molecule is CC/C=C\C/C=C\C/C=C\C/C=C\C/C=C\C/C=C\C/C=C\C/C=C\CCCCCCCCCCC(=O)NC(COP(=O)([O-])OCC[N+](C)(C)C)C(O)/C=C/CC/C=C/CC/C=C/CCCCCCCCCCCCCCCCCCCC. The first kappa shape index (κ1) is 79.6. The number of nitrogens with one attached hydrogen (secondary N) is 1. The fourth-order valence-electron chi connectivity index (χ4n) is 9.32. The van der Waals surface area contributed by atoms with Crippen molar-refractivity contribution in [3.8, 4) is 0 Å². The van der Waals surface area contributed by atoms with Gasteiger partial charge in [-0.1, -0.05) is 295 Å². The average molecular weight is 1170 g/mol. The van der Waals surface area contributed by atoms with E-state index in [4.69, 9.17) is 9.05 Å². The van der Waals surface area contributed by atoms with Crippen LogP contribution in [-0.2, 0) is 18.4 Å². The van der Waals surface area contributed by atoms with Crippen LogP contribution in [0.25, 0.3) is 0 Å². The minimum Gasteiger partial charge on any atom is -0.756 e. The summed E-state index contributed by atoms with van der Waals surface area (Å²) < 4.78 is 23.4. The minimum absolute atomic E-state index is 0.0176. The number of unbranched alkanes of at least 4 members (excludes halogenated alkanes) is 28. The number of likely N-dealkylation sites (N-methyl/N-ethyl adjacent to an activating group) is 1. The van der Waals surface area contributed by atoms with Crippen molar-refractivity contribution in [1.29, 1.82) is 0 Å². The molecule has 83 heavy (non-hydrogen) atoms. The molecule has 0 radical (unpaired) electrons. The van der Waals surface area contributed by atoms with Crippen LogP contribution in [0.4, 0.5) is 0 Å². The summed E-state index contributed by atoms with van der Waals surface area (Å²) >= 11 is 0. The Morgan fingerprint density at radius 3 is 1.12 bits per heavy atom. The Morgan fingerprint density at radius 1 is 0.434 bits per heavy atom. The van der Waals surface area contributed by atoms with Crippen LogP contribution >= 0.6 is 7.82 Å². The van der Waals surface area contributed by atoms with Crippen LogP contribution in [0, 0.1) is 0 Å². The van der Waals surface area contributed by atoms with Crippen molar-refractivity contribution >= 4 is 13.7 Å². The van der Waals surface area contributed by atoms with Crippen LogP contribution < -0.4 is 10.2 Å². The second-order valence-corrected chi connectivity index (χ2v) is 25.2. The van der Waals surface area contributed by atoms with Gasteiger partial charge in [-0.3, -0.25) is 9.36 Å². The molecule has 0 aromatic rings. The summed E-state index contributed by atoms with van der Waals surface area (Å²) in [7, 11) is 1.21. The first-order chi connectivity index (χ1) is 40.5. The van der Waals surface area contributed by atoms with E-state index in [0.717, 1.165) is 109 Å². The number of phosphoric acid groups is 1. The third-order valence-electron chi connectivity index (χ3n) is 14.6. The van der Waals surface area contributed by atoms with Gasteiger partial charge in [0.25, 0.3) is 7.82 Å². The molecule has 0 aliphatic carbocycles. The first-order valence-electron chi connectivity index (χ1n) is 34.0. The highest BCUT2D eigenvalue weighted by molar-refractivity contribution is 7.45.